The Morgan fingerprint density at radius 1 is 1.12 bits per heavy atom. The standard InChI is InChI=1S/C23H43N7O.HI/c1-5-31-16-6-13-24-23(25-17-22-28-27-19(3)29(22)4)26-20-7-9-21(10-8-20)30-14-11-18(2)12-15-30;/h18,20-21H,5-17H2,1-4H3,(H2,24,25,26);1H. The zero-order chi connectivity index (χ0) is 22.1. The van der Waals surface area contributed by atoms with Crippen LogP contribution in [-0.2, 0) is 18.3 Å². The number of hydrogen-bond donors (Lipinski definition) is 2. The summed E-state index contributed by atoms with van der Waals surface area (Å²) >= 11 is 0. The van der Waals surface area contributed by atoms with Gasteiger partial charge in [-0.1, -0.05) is 6.92 Å². The van der Waals surface area contributed by atoms with E-state index < -0.39 is 0 Å². The number of nitrogens with zero attached hydrogens (tertiary/aromatic N) is 5. The predicted octanol–water partition coefficient (Wildman–Crippen LogP) is 3.25. The van der Waals surface area contributed by atoms with Crippen molar-refractivity contribution in [1.29, 1.82) is 0 Å². The minimum absolute atomic E-state index is 0. The van der Waals surface area contributed by atoms with Crippen molar-refractivity contribution in [2.75, 3.05) is 32.8 Å². The molecule has 1 saturated carbocycles. The van der Waals surface area contributed by atoms with Gasteiger partial charge >= 0.3 is 0 Å². The van der Waals surface area contributed by atoms with Gasteiger partial charge in [0, 0.05) is 38.9 Å². The highest BCUT2D eigenvalue weighted by molar-refractivity contribution is 14.0. The number of rotatable bonds is 9. The second-order valence-corrected chi connectivity index (χ2v) is 9.23. The molecule has 0 radical (unpaired) electrons. The van der Waals surface area contributed by atoms with E-state index in [2.05, 4.69) is 32.7 Å². The molecule has 2 aliphatic rings. The van der Waals surface area contributed by atoms with E-state index in [-0.39, 0.29) is 24.0 Å². The number of halogens is 1. The third kappa shape index (κ3) is 8.44. The van der Waals surface area contributed by atoms with Crippen molar-refractivity contribution in [2.24, 2.45) is 18.0 Å². The molecule has 184 valence electrons. The average molecular weight is 562 g/mol. The van der Waals surface area contributed by atoms with Crippen molar-refractivity contribution in [2.45, 2.75) is 84.3 Å². The van der Waals surface area contributed by atoms with Crippen molar-refractivity contribution >= 4 is 29.9 Å². The minimum Gasteiger partial charge on any atom is -0.382 e. The Bertz CT molecular complexity index is 680. The predicted molar refractivity (Wildman–Crippen MR) is 141 cm³/mol. The lowest BCUT2D eigenvalue weighted by Crippen LogP contribution is -2.49. The van der Waals surface area contributed by atoms with E-state index in [1.807, 2.05) is 25.5 Å². The minimum atomic E-state index is 0. The molecule has 2 heterocycles. The highest BCUT2D eigenvalue weighted by Gasteiger charge is 2.28. The summed E-state index contributed by atoms with van der Waals surface area (Å²) < 4.78 is 7.46. The van der Waals surface area contributed by atoms with E-state index in [0.717, 1.165) is 55.7 Å². The van der Waals surface area contributed by atoms with E-state index in [0.29, 0.717) is 12.6 Å². The first kappa shape index (κ1) is 27.3. The van der Waals surface area contributed by atoms with Crippen LogP contribution in [-0.4, -0.2) is 70.6 Å². The first-order chi connectivity index (χ1) is 15.1. The molecule has 3 rings (SSSR count). The first-order valence-electron chi connectivity index (χ1n) is 12.3. The molecule has 0 bridgehead atoms. The van der Waals surface area contributed by atoms with E-state index >= 15 is 0 Å². The number of hydrogen-bond acceptors (Lipinski definition) is 5. The van der Waals surface area contributed by atoms with Crippen molar-refractivity contribution in [3.05, 3.63) is 11.6 Å². The van der Waals surface area contributed by atoms with E-state index in [4.69, 9.17) is 9.73 Å². The van der Waals surface area contributed by atoms with Crippen molar-refractivity contribution in [1.82, 2.24) is 30.3 Å². The van der Waals surface area contributed by atoms with Gasteiger partial charge < -0.3 is 24.8 Å². The Morgan fingerprint density at radius 3 is 2.47 bits per heavy atom. The number of nitrogens with one attached hydrogen (secondary N) is 2. The van der Waals surface area contributed by atoms with Gasteiger partial charge in [0.05, 0.1) is 0 Å². The number of ether oxygens (including phenoxy) is 1. The summed E-state index contributed by atoms with van der Waals surface area (Å²) in [5.41, 5.74) is 0. The molecule has 0 amide bonds. The van der Waals surface area contributed by atoms with Crippen LogP contribution in [0.15, 0.2) is 4.99 Å². The lowest BCUT2D eigenvalue weighted by atomic mass is 9.88. The number of guanidine groups is 1. The van der Waals surface area contributed by atoms with Crippen LogP contribution in [0.2, 0.25) is 0 Å². The highest BCUT2D eigenvalue weighted by Crippen LogP contribution is 2.27. The number of piperidine rings is 1. The zero-order valence-corrected chi connectivity index (χ0v) is 22.8. The molecule has 9 heteroatoms. The summed E-state index contributed by atoms with van der Waals surface area (Å²) in [5, 5.41) is 15.6. The van der Waals surface area contributed by atoms with Crippen LogP contribution in [0.25, 0.3) is 0 Å². The zero-order valence-electron chi connectivity index (χ0n) is 20.5. The molecule has 0 atom stereocenters. The fraction of sp³-hybridized carbons (Fsp3) is 0.870. The Hall–Kier alpha value is -0.940. The Labute approximate surface area is 211 Å². The van der Waals surface area contributed by atoms with Crippen LogP contribution in [0.3, 0.4) is 0 Å². The summed E-state index contributed by atoms with van der Waals surface area (Å²) in [6, 6.07) is 1.26. The number of aliphatic imine (C=N–C) groups is 1. The summed E-state index contributed by atoms with van der Waals surface area (Å²) in [6.07, 6.45) is 8.68. The molecule has 2 N–H and O–H groups in total. The number of aryl methyl sites for hydroxylation is 1. The maximum atomic E-state index is 5.46. The average Bonchev–Trinajstić information content (AvgIpc) is 3.10. The van der Waals surface area contributed by atoms with Gasteiger partial charge in [0.2, 0.25) is 0 Å². The van der Waals surface area contributed by atoms with Crippen molar-refractivity contribution in [3.8, 4) is 0 Å². The fourth-order valence-corrected chi connectivity index (χ4v) is 4.59. The molecule has 32 heavy (non-hydrogen) atoms. The molecule has 8 nitrogen and oxygen atoms in total. The van der Waals surface area contributed by atoms with Crippen LogP contribution < -0.4 is 10.6 Å². The van der Waals surface area contributed by atoms with Crippen LogP contribution >= 0.6 is 24.0 Å². The normalized spacial score (nSPS) is 23.1. The second kappa shape index (κ2) is 14.3. The van der Waals surface area contributed by atoms with E-state index in [1.54, 1.807) is 0 Å². The SMILES string of the molecule is CCOCCCNC(=NCc1nnc(C)n1C)NC1CCC(N2CCC(C)CC2)CC1.I. The van der Waals surface area contributed by atoms with Gasteiger partial charge in [0.15, 0.2) is 11.8 Å². The van der Waals surface area contributed by atoms with Crippen LogP contribution in [0, 0.1) is 12.8 Å². The van der Waals surface area contributed by atoms with Crippen LogP contribution in [0.1, 0.15) is 70.4 Å². The first-order valence-corrected chi connectivity index (χ1v) is 12.3. The number of likely N-dealkylation sites (tertiary alicyclic amines) is 1. The monoisotopic (exact) mass is 561 g/mol. The van der Waals surface area contributed by atoms with E-state index in [9.17, 15) is 0 Å². The molecule has 0 spiro atoms. The fourth-order valence-electron chi connectivity index (χ4n) is 4.59. The smallest absolute Gasteiger partial charge is 0.191 e. The van der Waals surface area contributed by atoms with Gasteiger partial charge in [0.1, 0.15) is 12.4 Å². The molecule has 2 fully saturated rings. The summed E-state index contributed by atoms with van der Waals surface area (Å²) in [4.78, 5) is 7.56. The summed E-state index contributed by atoms with van der Waals surface area (Å²) in [6.45, 7) is 11.9. The molecule has 1 aliphatic carbocycles. The topological polar surface area (TPSA) is 79.6 Å². The molecule has 1 aromatic rings. The van der Waals surface area contributed by atoms with Crippen molar-refractivity contribution in [3.63, 3.8) is 0 Å². The van der Waals surface area contributed by atoms with Gasteiger partial charge in [-0.05, 0) is 77.8 Å². The lowest BCUT2D eigenvalue weighted by molar-refractivity contribution is 0.105. The third-order valence-electron chi connectivity index (χ3n) is 6.90. The quantitative estimate of drug-likeness (QED) is 0.209. The van der Waals surface area contributed by atoms with Gasteiger partial charge in [-0.3, -0.25) is 0 Å². The highest BCUT2D eigenvalue weighted by atomic mass is 127. The second-order valence-electron chi connectivity index (χ2n) is 9.23. The van der Waals surface area contributed by atoms with Gasteiger partial charge in [0.25, 0.3) is 0 Å². The summed E-state index contributed by atoms with van der Waals surface area (Å²) in [7, 11) is 1.99. The Kier molecular flexibility index (Phi) is 12.2. The van der Waals surface area contributed by atoms with Crippen LogP contribution in [0.4, 0.5) is 0 Å². The van der Waals surface area contributed by atoms with Gasteiger partial charge in [-0.25, -0.2) is 4.99 Å². The Morgan fingerprint density at radius 2 is 1.84 bits per heavy atom. The molecule has 1 aromatic heterocycles. The molecule has 1 aliphatic heterocycles. The third-order valence-corrected chi connectivity index (χ3v) is 6.90. The number of aromatic nitrogens is 3. The molecule has 0 aromatic carbocycles. The summed E-state index contributed by atoms with van der Waals surface area (Å²) in [5.74, 6) is 3.58. The molecule has 0 unspecified atom stereocenters. The molecule has 1 saturated heterocycles. The lowest BCUT2D eigenvalue weighted by Gasteiger charge is -2.40. The van der Waals surface area contributed by atoms with Gasteiger partial charge in [-0.15, -0.1) is 34.2 Å². The largest absolute Gasteiger partial charge is 0.382 e. The molecular weight excluding hydrogens is 517 g/mol. The van der Waals surface area contributed by atoms with Crippen molar-refractivity contribution < 1.29 is 4.74 Å². The Balaban J connectivity index is 0.00000363. The van der Waals surface area contributed by atoms with Gasteiger partial charge in [-0.2, -0.15) is 0 Å². The maximum Gasteiger partial charge on any atom is 0.191 e. The maximum absolute atomic E-state index is 5.46. The molecular formula is C23H44IN7O. The van der Waals surface area contributed by atoms with E-state index in [1.165, 1.54) is 51.6 Å². The van der Waals surface area contributed by atoms with Crippen LogP contribution in [0.5, 0.6) is 0 Å².